The van der Waals surface area contributed by atoms with E-state index in [0.717, 1.165) is 25.7 Å². The lowest BCUT2D eigenvalue weighted by Crippen LogP contribution is -2.28. The molecule has 0 bridgehead atoms. The van der Waals surface area contributed by atoms with Gasteiger partial charge in [0.15, 0.2) is 0 Å². The van der Waals surface area contributed by atoms with Gasteiger partial charge in [-0.05, 0) is 33.1 Å². The highest BCUT2D eigenvalue weighted by atomic mass is 16.6. The van der Waals surface area contributed by atoms with Crippen LogP contribution in [0.1, 0.15) is 39.5 Å². The van der Waals surface area contributed by atoms with Crippen LogP contribution in [0.25, 0.3) is 0 Å². The number of esters is 1. The first-order valence-corrected chi connectivity index (χ1v) is 7.17. The van der Waals surface area contributed by atoms with Crippen molar-refractivity contribution in [3.8, 4) is 0 Å². The minimum Gasteiger partial charge on any atom is -0.458 e. The Labute approximate surface area is 113 Å². The molecule has 19 heavy (non-hydrogen) atoms. The molecular formula is C15H20O4. The molecule has 3 aliphatic heterocycles. The fourth-order valence-corrected chi connectivity index (χ4v) is 3.84. The number of carbonyl (C=O) groups is 1. The van der Waals surface area contributed by atoms with E-state index in [4.69, 9.17) is 14.2 Å². The molecule has 0 spiro atoms. The summed E-state index contributed by atoms with van der Waals surface area (Å²) < 4.78 is 17.2. The first-order chi connectivity index (χ1) is 8.91. The van der Waals surface area contributed by atoms with Crippen LogP contribution >= 0.6 is 0 Å². The molecule has 3 heterocycles. The highest BCUT2D eigenvalue weighted by molar-refractivity contribution is 5.90. The van der Waals surface area contributed by atoms with E-state index in [-0.39, 0.29) is 35.3 Å². The second-order valence-electron chi connectivity index (χ2n) is 6.89. The van der Waals surface area contributed by atoms with Gasteiger partial charge in [0.1, 0.15) is 6.10 Å². The number of fused-ring (bicyclic) bond motifs is 3. The van der Waals surface area contributed by atoms with Crippen LogP contribution < -0.4 is 0 Å². The molecule has 4 rings (SSSR count). The van der Waals surface area contributed by atoms with Gasteiger partial charge in [-0.25, -0.2) is 4.79 Å². The zero-order valence-electron chi connectivity index (χ0n) is 11.5. The SMILES string of the molecule is C=C1C(=O)O[C@H]2C[C@@]3(C)O[C@@H]3CC[C@@]3(C)O[C@@H]3C[C@H]12. The van der Waals surface area contributed by atoms with E-state index in [2.05, 4.69) is 20.4 Å². The van der Waals surface area contributed by atoms with Crippen molar-refractivity contribution in [3.63, 3.8) is 0 Å². The minimum atomic E-state index is -0.239. The van der Waals surface area contributed by atoms with Crippen LogP contribution in [-0.2, 0) is 19.0 Å². The van der Waals surface area contributed by atoms with Gasteiger partial charge in [-0.15, -0.1) is 0 Å². The molecule has 4 heteroatoms. The van der Waals surface area contributed by atoms with Gasteiger partial charge < -0.3 is 14.2 Å². The zero-order chi connectivity index (χ0) is 13.4. The third-order valence-corrected chi connectivity index (χ3v) is 5.47. The van der Waals surface area contributed by atoms with E-state index >= 15 is 0 Å². The smallest absolute Gasteiger partial charge is 0.334 e. The zero-order valence-corrected chi connectivity index (χ0v) is 11.5. The van der Waals surface area contributed by atoms with Gasteiger partial charge in [0, 0.05) is 17.9 Å². The lowest BCUT2D eigenvalue weighted by atomic mass is 9.81. The molecule has 0 aromatic heterocycles. The summed E-state index contributed by atoms with van der Waals surface area (Å²) >= 11 is 0. The molecule has 0 aromatic rings. The second kappa shape index (κ2) is 3.41. The van der Waals surface area contributed by atoms with Crippen LogP contribution in [0.5, 0.6) is 0 Å². The van der Waals surface area contributed by atoms with E-state index in [9.17, 15) is 4.79 Å². The maximum Gasteiger partial charge on any atom is 0.334 e. The molecule has 3 saturated heterocycles. The lowest BCUT2D eigenvalue weighted by Gasteiger charge is -2.21. The maximum absolute atomic E-state index is 11.8. The van der Waals surface area contributed by atoms with Gasteiger partial charge in [0.25, 0.3) is 0 Å². The van der Waals surface area contributed by atoms with Crippen LogP contribution in [0.3, 0.4) is 0 Å². The first-order valence-electron chi connectivity index (χ1n) is 7.17. The molecule has 104 valence electrons. The summed E-state index contributed by atoms with van der Waals surface area (Å²) in [5, 5.41) is 0. The van der Waals surface area contributed by atoms with Crippen LogP contribution in [0.2, 0.25) is 0 Å². The Morgan fingerprint density at radius 3 is 2.74 bits per heavy atom. The van der Waals surface area contributed by atoms with Gasteiger partial charge >= 0.3 is 5.97 Å². The summed E-state index contributed by atoms with van der Waals surface area (Å²) in [6, 6.07) is 0. The van der Waals surface area contributed by atoms with E-state index < -0.39 is 0 Å². The van der Waals surface area contributed by atoms with Crippen molar-refractivity contribution in [1.29, 1.82) is 0 Å². The molecule has 4 fully saturated rings. The Morgan fingerprint density at radius 2 is 1.95 bits per heavy atom. The van der Waals surface area contributed by atoms with Gasteiger partial charge in [0.05, 0.1) is 23.4 Å². The number of carbonyl (C=O) groups excluding carboxylic acids is 1. The Kier molecular flexibility index (Phi) is 2.14. The van der Waals surface area contributed by atoms with Gasteiger partial charge in [-0.3, -0.25) is 0 Å². The van der Waals surface area contributed by atoms with Gasteiger partial charge in [-0.2, -0.15) is 0 Å². The van der Waals surface area contributed by atoms with Gasteiger partial charge in [-0.1, -0.05) is 6.58 Å². The number of hydrogen-bond acceptors (Lipinski definition) is 4. The molecule has 0 radical (unpaired) electrons. The highest BCUT2D eigenvalue weighted by Gasteiger charge is 2.61. The normalized spacial score (nSPS) is 55.7. The van der Waals surface area contributed by atoms with E-state index in [1.807, 2.05) is 0 Å². The number of hydrogen-bond donors (Lipinski definition) is 0. The molecular weight excluding hydrogens is 244 g/mol. The molecule has 1 aliphatic carbocycles. The Hall–Kier alpha value is -0.870. The van der Waals surface area contributed by atoms with E-state index in [1.54, 1.807) is 0 Å². The summed E-state index contributed by atoms with van der Waals surface area (Å²) in [5.41, 5.74) is 0.469. The molecule has 0 N–H and O–H groups in total. The van der Waals surface area contributed by atoms with Crippen molar-refractivity contribution >= 4 is 5.97 Å². The van der Waals surface area contributed by atoms with Crippen LogP contribution in [0.15, 0.2) is 12.2 Å². The van der Waals surface area contributed by atoms with E-state index in [0.29, 0.717) is 11.7 Å². The van der Waals surface area contributed by atoms with Crippen molar-refractivity contribution in [3.05, 3.63) is 12.2 Å². The predicted octanol–water partition coefficient (Wildman–Crippen LogP) is 1.97. The average molecular weight is 264 g/mol. The topological polar surface area (TPSA) is 51.4 Å². The van der Waals surface area contributed by atoms with Crippen molar-refractivity contribution in [2.75, 3.05) is 0 Å². The van der Waals surface area contributed by atoms with Crippen molar-refractivity contribution in [2.45, 2.75) is 69.0 Å². The summed E-state index contributed by atoms with van der Waals surface area (Å²) in [4.78, 5) is 11.8. The summed E-state index contributed by atoms with van der Waals surface area (Å²) in [6.07, 6.45) is 4.17. The van der Waals surface area contributed by atoms with Crippen LogP contribution in [-0.4, -0.2) is 35.5 Å². The van der Waals surface area contributed by atoms with Crippen LogP contribution in [0.4, 0.5) is 0 Å². The van der Waals surface area contributed by atoms with Crippen molar-refractivity contribution in [1.82, 2.24) is 0 Å². The third kappa shape index (κ3) is 1.69. The fraction of sp³-hybridized carbons (Fsp3) is 0.800. The molecule has 1 saturated carbocycles. The Balaban J connectivity index is 1.62. The largest absolute Gasteiger partial charge is 0.458 e. The monoisotopic (exact) mass is 264 g/mol. The quantitative estimate of drug-likeness (QED) is 0.381. The third-order valence-electron chi connectivity index (χ3n) is 5.47. The molecule has 4 aliphatic rings. The van der Waals surface area contributed by atoms with Crippen molar-refractivity contribution < 1.29 is 19.0 Å². The molecule has 0 unspecified atom stereocenters. The van der Waals surface area contributed by atoms with Crippen LogP contribution in [0, 0.1) is 5.92 Å². The molecule has 4 nitrogen and oxygen atoms in total. The average Bonchev–Trinajstić information content (AvgIpc) is 3.15. The number of rotatable bonds is 0. The Bertz CT molecular complexity index is 473. The minimum absolute atomic E-state index is 0.0271. The van der Waals surface area contributed by atoms with Crippen molar-refractivity contribution in [2.24, 2.45) is 5.92 Å². The summed E-state index contributed by atoms with van der Waals surface area (Å²) in [6.45, 7) is 8.20. The predicted molar refractivity (Wildman–Crippen MR) is 67.5 cm³/mol. The first kappa shape index (κ1) is 11.9. The lowest BCUT2D eigenvalue weighted by molar-refractivity contribution is -0.139. The standard InChI is InChI=1S/C15H20O4/c1-8-9-6-12-14(2,19-12)5-4-11-15(3,18-11)7-10(9)17-13(8)16/h9-12H,1,4-7H2,2-3H3/t9-,10+,11-,12-,14-,15-/m1/s1. The molecule has 0 aromatic carbocycles. The second-order valence-corrected chi connectivity index (χ2v) is 6.89. The highest BCUT2D eigenvalue weighted by Crippen LogP contribution is 2.53. The Morgan fingerprint density at radius 1 is 1.21 bits per heavy atom. The number of epoxide rings is 2. The summed E-state index contributed by atoms with van der Waals surface area (Å²) in [5.74, 6) is -0.142. The fourth-order valence-electron chi connectivity index (χ4n) is 3.84. The van der Waals surface area contributed by atoms with Gasteiger partial charge in [0.2, 0.25) is 0 Å². The molecule has 6 atom stereocenters. The maximum atomic E-state index is 11.8. The molecule has 0 amide bonds. The summed E-state index contributed by atoms with van der Waals surface area (Å²) in [7, 11) is 0. The van der Waals surface area contributed by atoms with E-state index in [1.165, 1.54) is 0 Å². The number of ether oxygens (including phenoxy) is 3.